The van der Waals surface area contributed by atoms with Crippen LogP contribution in [-0.4, -0.2) is 54.4 Å². The van der Waals surface area contributed by atoms with E-state index in [2.05, 4.69) is 5.32 Å². The summed E-state index contributed by atoms with van der Waals surface area (Å²) < 4.78 is 19.8. The van der Waals surface area contributed by atoms with Crippen molar-refractivity contribution in [2.24, 2.45) is 0 Å². The largest absolute Gasteiger partial charge is 0.357 e. The van der Waals surface area contributed by atoms with E-state index in [-0.39, 0.29) is 11.9 Å². The van der Waals surface area contributed by atoms with Crippen LogP contribution in [-0.2, 0) is 9.53 Å². The maximum absolute atomic E-state index is 14.1. The molecule has 0 radical (unpaired) electrons. The first kappa shape index (κ1) is 12.8. The lowest BCUT2D eigenvalue weighted by atomic mass is 9.87. The lowest BCUT2D eigenvalue weighted by molar-refractivity contribution is -0.203. The fraction of sp³-hybridized carbons (Fsp3) is 0.917. The molecular formula is C12H21FN2O2. The minimum Gasteiger partial charge on any atom is -0.357 e. The molecule has 0 aromatic rings. The smallest absolute Gasteiger partial charge is 0.251 e. The first-order chi connectivity index (χ1) is 7.96. The zero-order chi connectivity index (χ0) is 12.6. The second-order valence-corrected chi connectivity index (χ2v) is 5.31. The molecule has 2 aliphatic heterocycles. The van der Waals surface area contributed by atoms with Crippen molar-refractivity contribution in [1.29, 1.82) is 0 Å². The Labute approximate surface area is 101 Å². The Balaban J connectivity index is 2.22. The minimum absolute atomic E-state index is 0.0312. The summed E-state index contributed by atoms with van der Waals surface area (Å²) in [6.45, 7) is 7.06. The second-order valence-electron chi connectivity index (χ2n) is 5.31. The van der Waals surface area contributed by atoms with Crippen molar-refractivity contribution in [3.05, 3.63) is 0 Å². The summed E-state index contributed by atoms with van der Waals surface area (Å²) in [6.07, 6.45) is -0.967. The Bertz CT molecular complexity index is 311. The molecule has 2 rings (SSSR count). The molecule has 2 heterocycles. The van der Waals surface area contributed by atoms with E-state index < -0.39 is 17.9 Å². The maximum atomic E-state index is 14.1. The third-order valence-electron chi connectivity index (χ3n) is 3.72. The molecule has 3 atom stereocenters. The number of carbonyl (C=O) groups excluding carboxylic acids is 1. The highest BCUT2D eigenvalue weighted by atomic mass is 19.1. The lowest BCUT2D eigenvalue weighted by Crippen LogP contribution is -2.67. The molecule has 1 N–H and O–H groups in total. The highest BCUT2D eigenvalue weighted by Gasteiger charge is 2.50. The van der Waals surface area contributed by atoms with Crippen LogP contribution in [0, 0.1) is 0 Å². The molecule has 0 bridgehead atoms. The molecule has 17 heavy (non-hydrogen) atoms. The Morgan fingerprint density at radius 1 is 1.59 bits per heavy atom. The van der Waals surface area contributed by atoms with Crippen molar-refractivity contribution in [2.75, 3.05) is 19.6 Å². The van der Waals surface area contributed by atoms with Crippen LogP contribution in [0.15, 0.2) is 0 Å². The Morgan fingerprint density at radius 3 is 2.88 bits per heavy atom. The summed E-state index contributed by atoms with van der Waals surface area (Å²) in [4.78, 5) is 13.7. The summed E-state index contributed by atoms with van der Waals surface area (Å²) >= 11 is 0. The number of hydrogen-bond acceptors (Lipinski definition) is 3. The van der Waals surface area contributed by atoms with Gasteiger partial charge in [-0.05, 0) is 33.7 Å². The highest BCUT2D eigenvalue weighted by molar-refractivity contribution is 5.81. The molecule has 4 nitrogen and oxygen atoms in total. The van der Waals surface area contributed by atoms with Gasteiger partial charge in [-0.3, -0.25) is 4.79 Å². The van der Waals surface area contributed by atoms with E-state index in [0.29, 0.717) is 19.5 Å². The van der Waals surface area contributed by atoms with Crippen molar-refractivity contribution in [3.8, 4) is 0 Å². The third-order valence-corrected chi connectivity index (χ3v) is 3.72. The number of nitrogens with one attached hydrogen (secondary N) is 1. The summed E-state index contributed by atoms with van der Waals surface area (Å²) in [5.74, 6) is -0.0312. The maximum Gasteiger partial charge on any atom is 0.251 e. The van der Waals surface area contributed by atoms with E-state index >= 15 is 0 Å². The molecule has 0 aromatic carbocycles. The van der Waals surface area contributed by atoms with Gasteiger partial charge in [0.25, 0.3) is 5.91 Å². The number of nitrogens with zero attached hydrogens (tertiary/aromatic N) is 1. The van der Waals surface area contributed by atoms with E-state index in [9.17, 15) is 9.18 Å². The Hall–Kier alpha value is -0.680. The van der Waals surface area contributed by atoms with E-state index in [0.717, 1.165) is 6.54 Å². The van der Waals surface area contributed by atoms with Gasteiger partial charge in [0.15, 0.2) is 0 Å². The van der Waals surface area contributed by atoms with Crippen LogP contribution in [0.3, 0.4) is 0 Å². The molecule has 2 fully saturated rings. The molecule has 2 saturated heterocycles. The van der Waals surface area contributed by atoms with Gasteiger partial charge in [-0.25, -0.2) is 4.39 Å². The van der Waals surface area contributed by atoms with Crippen molar-refractivity contribution >= 4 is 5.91 Å². The van der Waals surface area contributed by atoms with E-state index in [4.69, 9.17) is 4.74 Å². The van der Waals surface area contributed by atoms with Crippen molar-refractivity contribution in [3.63, 3.8) is 0 Å². The van der Waals surface area contributed by atoms with Crippen molar-refractivity contribution < 1.29 is 13.9 Å². The van der Waals surface area contributed by atoms with Crippen LogP contribution in [0.4, 0.5) is 4.39 Å². The van der Waals surface area contributed by atoms with Gasteiger partial charge in [-0.2, -0.15) is 0 Å². The molecule has 0 saturated carbocycles. The Kier molecular flexibility index (Phi) is 3.41. The van der Waals surface area contributed by atoms with E-state index in [1.54, 1.807) is 11.8 Å². The van der Waals surface area contributed by atoms with Crippen molar-refractivity contribution in [1.82, 2.24) is 10.2 Å². The number of alkyl halides is 1. The van der Waals surface area contributed by atoms with Gasteiger partial charge in [-0.15, -0.1) is 0 Å². The molecule has 98 valence electrons. The second kappa shape index (κ2) is 4.53. The number of hydrogen-bond donors (Lipinski definition) is 1. The molecule has 1 spiro atoms. The number of rotatable bonds is 1. The molecular weight excluding hydrogens is 223 g/mol. The highest BCUT2D eigenvalue weighted by Crippen LogP contribution is 2.33. The van der Waals surface area contributed by atoms with Crippen LogP contribution < -0.4 is 5.32 Å². The summed E-state index contributed by atoms with van der Waals surface area (Å²) in [6, 6.07) is 0.0906. The van der Waals surface area contributed by atoms with Gasteiger partial charge in [0.2, 0.25) is 0 Å². The average molecular weight is 244 g/mol. The monoisotopic (exact) mass is 244 g/mol. The predicted molar refractivity (Wildman–Crippen MR) is 62.5 cm³/mol. The van der Waals surface area contributed by atoms with Gasteiger partial charge in [-0.1, -0.05) is 0 Å². The Morgan fingerprint density at radius 2 is 2.29 bits per heavy atom. The fourth-order valence-electron chi connectivity index (χ4n) is 2.66. The third kappa shape index (κ3) is 2.18. The number of amides is 1. The first-order valence-electron chi connectivity index (χ1n) is 6.29. The lowest BCUT2D eigenvalue weighted by Gasteiger charge is -2.49. The van der Waals surface area contributed by atoms with Gasteiger partial charge < -0.3 is 15.0 Å². The predicted octanol–water partition coefficient (Wildman–Crippen LogP) is 0.712. The van der Waals surface area contributed by atoms with Crippen LogP contribution in [0.25, 0.3) is 0 Å². The van der Waals surface area contributed by atoms with Crippen molar-refractivity contribution in [2.45, 2.75) is 51.1 Å². The summed E-state index contributed by atoms with van der Waals surface area (Å²) in [5.41, 5.74) is -0.803. The van der Waals surface area contributed by atoms with E-state index in [1.165, 1.54) is 0 Å². The quantitative estimate of drug-likeness (QED) is 0.738. The topological polar surface area (TPSA) is 41.6 Å². The number of piperidine rings is 1. The first-order valence-corrected chi connectivity index (χ1v) is 6.29. The zero-order valence-corrected chi connectivity index (χ0v) is 10.7. The van der Waals surface area contributed by atoms with E-state index in [1.807, 2.05) is 13.8 Å². The normalized spacial score (nSPS) is 39.1. The zero-order valence-electron chi connectivity index (χ0n) is 10.7. The van der Waals surface area contributed by atoms with Crippen LogP contribution in [0.2, 0.25) is 0 Å². The van der Waals surface area contributed by atoms with Crippen LogP contribution in [0.5, 0.6) is 0 Å². The average Bonchev–Trinajstić information content (AvgIpc) is 2.27. The SMILES string of the molecule is CC(C)N1C[C@@]2(CCNC[C@@H]2F)O[C@H](C)C1=O. The summed E-state index contributed by atoms with van der Waals surface area (Å²) in [5, 5.41) is 3.02. The summed E-state index contributed by atoms with van der Waals surface area (Å²) in [7, 11) is 0. The molecule has 0 aromatic heterocycles. The number of halogens is 1. The molecule has 5 heteroatoms. The fourth-order valence-corrected chi connectivity index (χ4v) is 2.66. The van der Waals surface area contributed by atoms with Gasteiger partial charge >= 0.3 is 0 Å². The minimum atomic E-state index is -1.05. The van der Waals surface area contributed by atoms with Gasteiger partial charge in [0.05, 0.1) is 6.54 Å². The van der Waals surface area contributed by atoms with Gasteiger partial charge in [0.1, 0.15) is 17.9 Å². The number of carbonyl (C=O) groups is 1. The number of ether oxygens (including phenoxy) is 1. The van der Waals surface area contributed by atoms with Crippen LogP contribution in [0.1, 0.15) is 27.2 Å². The number of morpholine rings is 1. The molecule has 1 amide bonds. The molecule has 0 unspecified atom stereocenters. The molecule has 0 aliphatic carbocycles. The van der Waals surface area contributed by atoms with Crippen LogP contribution >= 0.6 is 0 Å². The van der Waals surface area contributed by atoms with Gasteiger partial charge in [0, 0.05) is 12.6 Å². The molecule has 2 aliphatic rings. The standard InChI is InChI=1S/C12H21FN2O2/c1-8(2)15-7-12(17-9(3)11(15)16)4-5-14-6-10(12)13/h8-10,14H,4-7H2,1-3H3/t9-,10+,12-/m1/s1.